The summed E-state index contributed by atoms with van der Waals surface area (Å²) in [5, 5.41) is 10.9. The lowest BCUT2D eigenvalue weighted by Crippen LogP contribution is -2.05. The highest BCUT2D eigenvalue weighted by molar-refractivity contribution is 6.30. The summed E-state index contributed by atoms with van der Waals surface area (Å²) in [5.74, 6) is 0.874. The minimum absolute atomic E-state index is 0.458. The first kappa shape index (κ1) is 12.5. The summed E-state index contributed by atoms with van der Waals surface area (Å²) >= 11 is 6.11. The van der Waals surface area contributed by atoms with Crippen LogP contribution in [-0.2, 0) is 12.8 Å². The van der Waals surface area contributed by atoms with Crippen molar-refractivity contribution in [3.63, 3.8) is 0 Å². The summed E-state index contributed by atoms with van der Waals surface area (Å²) in [6.07, 6.45) is 2.37. The second-order valence-electron chi connectivity index (χ2n) is 4.63. The topological polar surface area (TPSA) is 42.4 Å². The van der Waals surface area contributed by atoms with Crippen molar-refractivity contribution in [3.8, 4) is 5.75 Å². The maximum Gasteiger partial charge on any atom is 0.126 e. The molecule has 0 aliphatic carbocycles. The van der Waals surface area contributed by atoms with Gasteiger partial charge in [-0.3, -0.25) is 4.98 Å². The number of aliphatic hydroxyl groups excluding tert-OH is 1. The summed E-state index contributed by atoms with van der Waals surface area (Å²) in [6.45, 7) is 0.683. The van der Waals surface area contributed by atoms with Crippen LogP contribution in [0.3, 0.4) is 0 Å². The van der Waals surface area contributed by atoms with Crippen LogP contribution >= 0.6 is 11.6 Å². The Hall–Kier alpha value is -1.58. The third-order valence-corrected chi connectivity index (χ3v) is 3.49. The van der Waals surface area contributed by atoms with E-state index >= 15 is 0 Å². The van der Waals surface area contributed by atoms with Crippen LogP contribution in [0, 0.1) is 0 Å². The molecule has 0 saturated heterocycles. The Labute approximate surface area is 116 Å². The van der Waals surface area contributed by atoms with Crippen LogP contribution in [0.15, 0.2) is 36.5 Å². The Morgan fingerprint density at radius 1 is 1.37 bits per heavy atom. The number of halogens is 1. The maximum absolute atomic E-state index is 10.2. The zero-order chi connectivity index (χ0) is 13.2. The predicted molar refractivity (Wildman–Crippen MR) is 73.6 cm³/mol. The Morgan fingerprint density at radius 3 is 3.05 bits per heavy atom. The molecule has 2 aromatic rings. The number of hydrogen-bond donors (Lipinski definition) is 1. The zero-order valence-electron chi connectivity index (χ0n) is 10.3. The number of nitrogens with zero attached hydrogens (tertiary/aromatic N) is 1. The van der Waals surface area contributed by atoms with Gasteiger partial charge in [-0.1, -0.05) is 17.7 Å². The van der Waals surface area contributed by atoms with Gasteiger partial charge < -0.3 is 9.84 Å². The lowest BCUT2D eigenvalue weighted by molar-refractivity contribution is 0.172. The van der Waals surface area contributed by atoms with E-state index in [4.69, 9.17) is 16.3 Å². The van der Waals surface area contributed by atoms with Gasteiger partial charge in [0.25, 0.3) is 0 Å². The highest BCUT2D eigenvalue weighted by Crippen LogP contribution is 2.35. The van der Waals surface area contributed by atoms with Crippen molar-refractivity contribution in [3.05, 3.63) is 58.4 Å². The highest BCUT2D eigenvalue weighted by atomic mass is 35.5. The molecule has 1 aliphatic heterocycles. The van der Waals surface area contributed by atoms with Crippen LogP contribution in [0.25, 0.3) is 0 Å². The van der Waals surface area contributed by atoms with Crippen molar-refractivity contribution in [1.82, 2.24) is 4.98 Å². The summed E-state index contributed by atoms with van der Waals surface area (Å²) in [7, 11) is 0. The van der Waals surface area contributed by atoms with E-state index in [1.54, 1.807) is 6.20 Å². The Balaban J connectivity index is 1.88. The largest absolute Gasteiger partial charge is 0.493 e. The second-order valence-corrected chi connectivity index (χ2v) is 5.06. The monoisotopic (exact) mass is 275 g/mol. The van der Waals surface area contributed by atoms with E-state index in [1.165, 1.54) is 0 Å². The van der Waals surface area contributed by atoms with Crippen LogP contribution in [0.2, 0.25) is 5.02 Å². The second kappa shape index (κ2) is 5.19. The molecule has 1 aromatic heterocycles. The lowest BCUT2D eigenvalue weighted by atomic mass is 10.0. The van der Waals surface area contributed by atoms with Gasteiger partial charge in [-0.05, 0) is 35.4 Å². The molecule has 3 nitrogen and oxygen atoms in total. The van der Waals surface area contributed by atoms with E-state index in [-0.39, 0.29) is 0 Å². The first-order valence-corrected chi connectivity index (χ1v) is 6.65. The highest BCUT2D eigenvalue weighted by Gasteiger charge is 2.20. The van der Waals surface area contributed by atoms with Crippen molar-refractivity contribution < 1.29 is 9.84 Å². The average Bonchev–Trinajstić information content (AvgIpc) is 2.88. The van der Waals surface area contributed by atoms with Crippen LogP contribution in [0.5, 0.6) is 5.75 Å². The smallest absolute Gasteiger partial charge is 0.126 e. The van der Waals surface area contributed by atoms with Crippen LogP contribution in [0.1, 0.15) is 22.9 Å². The molecule has 1 aliphatic rings. The first-order valence-electron chi connectivity index (χ1n) is 6.27. The van der Waals surface area contributed by atoms with Crippen molar-refractivity contribution in [1.29, 1.82) is 0 Å². The maximum atomic E-state index is 10.2. The third kappa shape index (κ3) is 2.57. The van der Waals surface area contributed by atoms with Gasteiger partial charge in [0.1, 0.15) is 11.9 Å². The molecule has 1 unspecified atom stereocenters. The van der Waals surface area contributed by atoms with Gasteiger partial charge >= 0.3 is 0 Å². The van der Waals surface area contributed by atoms with Crippen molar-refractivity contribution >= 4 is 11.6 Å². The molecule has 98 valence electrons. The van der Waals surface area contributed by atoms with E-state index in [2.05, 4.69) is 4.98 Å². The summed E-state index contributed by atoms with van der Waals surface area (Å²) in [6, 6.07) is 9.30. The van der Waals surface area contributed by atoms with Crippen molar-refractivity contribution in [2.45, 2.75) is 18.9 Å². The van der Waals surface area contributed by atoms with Gasteiger partial charge in [-0.2, -0.15) is 0 Å². The van der Waals surface area contributed by atoms with E-state index in [1.807, 2.05) is 30.3 Å². The van der Waals surface area contributed by atoms with Gasteiger partial charge in [0.15, 0.2) is 0 Å². The number of pyridine rings is 1. The van der Waals surface area contributed by atoms with E-state index in [0.29, 0.717) is 23.7 Å². The molecule has 0 saturated carbocycles. The number of hydrogen-bond acceptors (Lipinski definition) is 3. The molecule has 1 aromatic carbocycles. The molecule has 1 atom stereocenters. The predicted octanol–water partition coefficient (Wildman–Crippen LogP) is 2.95. The Bertz CT molecular complexity index is 586. The fourth-order valence-corrected chi connectivity index (χ4v) is 2.65. The molecule has 1 N–H and O–H groups in total. The molecular weight excluding hydrogens is 262 g/mol. The molecule has 0 amide bonds. The van der Waals surface area contributed by atoms with Crippen LogP contribution in [0.4, 0.5) is 0 Å². The SMILES string of the molecule is OC(Cc1cc(Cl)cc2c1OCC2)c1ccccn1. The number of rotatable bonds is 3. The van der Waals surface area contributed by atoms with E-state index in [0.717, 1.165) is 23.3 Å². The van der Waals surface area contributed by atoms with Gasteiger partial charge in [-0.15, -0.1) is 0 Å². The normalized spacial score (nSPS) is 14.8. The van der Waals surface area contributed by atoms with E-state index in [9.17, 15) is 5.11 Å². The first-order chi connectivity index (χ1) is 9.24. The third-order valence-electron chi connectivity index (χ3n) is 3.27. The quantitative estimate of drug-likeness (QED) is 0.936. The van der Waals surface area contributed by atoms with Gasteiger partial charge in [0.05, 0.1) is 12.3 Å². The summed E-state index contributed by atoms with van der Waals surface area (Å²) < 4.78 is 5.63. The molecule has 0 spiro atoms. The molecule has 0 radical (unpaired) electrons. The van der Waals surface area contributed by atoms with Crippen molar-refractivity contribution in [2.24, 2.45) is 0 Å². The zero-order valence-corrected chi connectivity index (χ0v) is 11.1. The van der Waals surface area contributed by atoms with Gasteiger partial charge in [0, 0.05) is 24.1 Å². The van der Waals surface area contributed by atoms with Gasteiger partial charge in [0.2, 0.25) is 0 Å². The molecule has 4 heteroatoms. The minimum Gasteiger partial charge on any atom is -0.493 e. The summed E-state index contributed by atoms with van der Waals surface area (Å²) in [5.41, 5.74) is 2.73. The van der Waals surface area contributed by atoms with E-state index < -0.39 is 6.10 Å². The minimum atomic E-state index is -0.645. The Kier molecular flexibility index (Phi) is 3.40. The number of fused-ring (bicyclic) bond motifs is 1. The fourth-order valence-electron chi connectivity index (χ4n) is 2.38. The number of aliphatic hydroxyl groups is 1. The summed E-state index contributed by atoms with van der Waals surface area (Å²) in [4.78, 5) is 4.17. The molecule has 0 fully saturated rings. The number of ether oxygens (including phenoxy) is 1. The lowest BCUT2D eigenvalue weighted by Gasteiger charge is -2.13. The molecular formula is C15H14ClNO2. The van der Waals surface area contributed by atoms with Crippen molar-refractivity contribution in [2.75, 3.05) is 6.61 Å². The Morgan fingerprint density at radius 2 is 2.26 bits per heavy atom. The van der Waals surface area contributed by atoms with Crippen LogP contribution < -0.4 is 4.74 Å². The van der Waals surface area contributed by atoms with Gasteiger partial charge in [-0.25, -0.2) is 0 Å². The average molecular weight is 276 g/mol. The molecule has 3 rings (SSSR count). The number of aromatic nitrogens is 1. The fraction of sp³-hybridized carbons (Fsp3) is 0.267. The molecule has 0 bridgehead atoms. The number of benzene rings is 1. The van der Waals surface area contributed by atoms with Crippen LogP contribution in [-0.4, -0.2) is 16.7 Å². The molecule has 19 heavy (non-hydrogen) atoms. The standard InChI is InChI=1S/C15H14ClNO2/c16-12-7-10-4-6-19-15(10)11(8-12)9-14(18)13-3-1-2-5-17-13/h1-3,5,7-8,14,18H,4,6,9H2. The molecule has 2 heterocycles.